The minimum absolute atomic E-state index is 0.109. The van der Waals surface area contributed by atoms with Crippen molar-refractivity contribution in [3.8, 4) is 0 Å². The second-order valence-corrected chi connectivity index (χ2v) is 5.82. The van der Waals surface area contributed by atoms with Crippen LogP contribution in [0.3, 0.4) is 0 Å². The average Bonchev–Trinajstić information content (AvgIpc) is 2.87. The zero-order valence-electron chi connectivity index (χ0n) is 10.4. The van der Waals surface area contributed by atoms with Crippen LogP contribution < -0.4 is 11.1 Å². The van der Waals surface area contributed by atoms with E-state index in [9.17, 15) is 4.79 Å². The number of carbonyl (C=O) groups excluding carboxylic acids is 1. The maximum atomic E-state index is 12.3. The van der Waals surface area contributed by atoms with Crippen LogP contribution in [-0.2, 0) is 11.3 Å². The lowest BCUT2D eigenvalue weighted by Gasteiger charge is -2.25. The molecule has 0 heterocycles. The van der Waals surface area contributed by atoms with Crippen molar-refractivity contribution in [3.63, 3.8) is 0 Å². The SMILES string of the molecule is NCC1(C(=O)NCc2ccccc2Br)CCCC1. The van der Waals surface area contributed by atoms with Crippen LogP contribution in [0.15, 0.2) is 28.7 Å². The molecule has 0 atom stereocenters. The van der Waals surface area contributed by atoms with Gasteiger partial charge in [0.25, 0.3) is 0 Å². The van der Waals surface area contributed by atoms with E-state index in [0.717, 1.165) is 35.7 Å². The molecule has 0 aromatic heterocycles. The van der Waals surface area contributed by atoms with Gasteiger partial charge in [0, 0.05) is 17.6 Å². The number of nitrogens with two attached hydrogens (primary N) is 1. The molecule has 3 nitrogen and oxygen atoms in total. The summed E-state index contributed by atoms with van der Waals surface area (Å²) in [6.45, 7) is 1.01. The second kappa shape index (κ2) is 5.85. The predicted molar refractivity (Wildman–Crippen MR) is 75.9 cm³/mol. The Hall–Kier alpha value is -0.870. The Kier molecular flexibility index (Phi) is 4.40. The molecule has 1 fully saturated rings. The lowest BCUT2D eigenvalue weighted by atomic mass is 9.85. The van der Waals surface area contributed by atoms with E-state index in [0.29, 0.717) is 13.1 Å². The lowest BCUT2D eigenvalue weighted by Crippen LogP contribution is -2.43. The summed E-state index contributed by atoms with van der Waals surface area (Å²) < 4.78 is 1.03. The van der Waals surface area contributed by atoms with Gasteiger partial charge < -0.3 is 11.1 Å². The Balaban J connectivity index is 1.98. The summed E-state index contributed by atoms with van der Waals surface area (Å²) in [6.07, 6.45) is 4.07. The minimum Gasteiger partial charge on any atom is -0.351 e. The van der Waals surface area contributed by atoms with Crippen molar-refractivity contribution >= 4 is 21.8 Å². The summed E-state index contributed by atoms with van der Waals surface area (Å²) in [4.78, 5) is 12.3. The van der Waals surface area contributed by atoms with Gasteiger partial charge >= 0.3 is 0 Å². The van der Waals surface area contributed by atoms with E-state index >= 15 is 0 Å². The van der Waals surface area contributed by atoms with Crippen molar-refractivity contribution in [2.75, 3.05) is 6.54 Å². The molecule has 1 saturated carbocycles. The Bertz CT molecular complexity index is 428. The number of benzene rings is 1. The van der Waals surface area contributed by atoms with Gasteiger partial charge in [0.05, 0.1) is 5.41 Å². The number of carbonyl (C=O) groups is 1. The third kappa shape index (κ3) is 2.75. The van der Waals surface area contributed by atoms with E-state index in [4.69, 9.17) is 5.73 Å². The molecule has 0 spiro atoms. The highest BCUT2D eigenvalue weighted by molar-refractivity contribution is 9.10. The molecule has 3 N–H and O–H groups in total. The Morgan fingerprint density at radius 2 is 2.00 bits per heavy atom. The Morgan fingerprint density at radius 3 is 2.61 bits per heavy atom. The molecule has 1 aromatic carbocycles. The van der Waals surface area contributed by atoms with Crippen LogP contribution in [0.1, 0.15) is 31.2 Å². The molecular formula is C14H19BrN2O. The molecule has 0 bridgehead atoms. The molecule has 1 amide bonds. The highest BCUT2D eigenvalue weighted by Gasteiger charge is 2.39. The first-order valence-electron chi connectivity index (χ1n) is 6.40. The minimum atomic E-state index is -0.318. The van der Waals surface area contributed by atoms with E-state index in [2.05, 4.69) is 21.2 Å². The first-order chi connectivity index (χ1) is 8.68. The fourth-order valence-corrected chi connectivity index (χ4v) is 3.01. The summed E-state index contributed by atoms with van der Waals surface area (Å²) in [6, 6.07) is 7.93. The highest BCUT2D eigenvalue weighted by atomic mass is 79.9. The predicted octanol–water partition coefficient (Wildman–Crippen LogP) is 2.58. The number of nitrogens with one attached hydrogen (secondary N) is 1. The lowest BCUT2D eigenvalue weighted by molar-refractivity contribution is -0.130. The van der Waals surface area contributed by atoms with Crippen molar-refractivity contribution in [2.45, 2.75) is 32.2 Å². The molecule has 18 heavy (non-hydrogen) atoms. The topological polar surface area (TPSA) is 55.1 Å². The molecular weight excluding hydrogens is 292 g/mol. The second-order valence-electron chi connectivity index (χ2n) is 4.97. The largest absolute Gasteiger partial charge is 0.351 e. The van der Waals surface area contributed by atoms with E-state index in [1.54, 1.807) is 0 Å². The van der Waals surface area contributed by atoms with Gasteiger partial charge in [-0.15, -0.1) is 0 Å². The van der Waals surface area contributed by atoms with E-state index < -0.39 is 0 Å². The van der Waals surface area contributed by atoms with Crippen molar-refractivity contribution in [2.24, 2.45) is 11.1 Å². The van der Waals surface area contributed by atoms with Crippen LogP contribution in [-0.4, -0.2) is 12.5 Å². The van der Waals surface area contributed by atoms with Crippen LogP contribution in [0, 0.1) is 5.41 Å². The quantitative estimate of drug-likeness (QED) is 0.898. The van der Waals surface area contributed by atoms with E-state index in [1.807, 2.05) is 24.3 Å². The van der Waals surface area contributed by atoms with Gasteiger partial charge in [-0.1, -0.05) is 47.0 Å². The summed E-state index contributed by atoms with van der Waals surface area (Å²) in [5.74, 6) is 0.109. The Labute approximate surface area is 116 Å². The van der Waals surface area contributed by atoms with Crippen LogP contribution in [0.5, 0.6) is 0 Å². The van der Waals surface area contributed by atoms with E-state index in [1.165, 1.54) is 0 Å². The maximum absolute atomic E-state index is 12.3. The van der Waals surface area contributed by atoms with Crippen LogP contribution in [0.25, 0.3) is 0 Å². The number of hydrogen-bond acceptors (Lipinski definition) is 2. The van der Waals surface area contributed by atoms with Gasteiger partial charge in [-0.2, -0.15) is 0 Å². The third-order valence-corrected chi connectivity index (χ3v) is 4.60. The third-order valence-electron chi connectivity index (χ3n) is 3.83. The van der Waals surface area contributed by atoms with Crippen molar-refractivity contribution in [3.05, 3.63) is 34.3 Å². The maximum Gasteiger partial charge on any atom is 0.227 e. The zero-order chi connectivity index (χ0) is 13.0. The van der Waals surface area contributed by atoms with Gasteiger partial charge in [0.1, 0.15) is 0 Å². The van der Waals surface area contributed by atoms with Gasteiger partial charge in [-0.05, 0) is 24.5 Å². The fraction of sp³-hybridized carbons (Fsp3) is 0.500. The molecule has 2 rings (SSSR count). The van der Waals surface area contributed by atoms with Crippen molar-refractivity contribution in [1.29, 1.82) is 0 Å². The van der Waals surface area contributed by atoms with Gasteiger partial charge in [-0.25, -0.2) is 0 Å². The number of amides is 1. The van der Waals surface area contributed by atoms with Gasteiger partial charge in [0.15, 0.2) is 0 Å². The van der Waals surface area contributed by atoms with Crippen LogP contribution >= 0.6 is 15.9 Å². The van der Waals surface area contributed by atoms with Crippen LogP contribution in [0.4, 0.5) is 0 Å². The summed E-state index contributed by atoms with van der Waals surface area (Å²) in [5.41, 5.74) is 6.57. The normalized spacial score (nSPS) is 17.7. The summed E-state index contributed by atoms with van der Waals surface area (Å²) in [5, 5.41) is 3.02. The standard InChI is InChI=1S/C14H19BrN2O/c15-12-6-2-1-5-11(12)9-17-13(18)14(10-16)7-3-4-8-14/h1-2,5-6H,3-4,7-10,16H2,(H,17,18). The van der Waals surface area contributed by atoms with Gasteiger partial charge in [-0.3, -0.25) is 4.79 Å². The highest BCUT2D eigenvalue weighted by Crippen LogP contribution is 2.37. The van der Waals surface area contributed by atoms with Gasteiger partial charge in [0.2, 0.25) is 5.91 Å². The number of hydrogen-bond donors (Lipinski definition) is 2. The first-order valence-corrected chi connectivity index (χ1v) is 7.19. The summed E-state index contributed by atoms with van der Waals surface area (Å²) in [7, 11) is 0. The molecule has 0 unspecified atom stereocenters. The molecule has 1 aromatic rings. The first kappa shape index (κ1) is 13.6. The molecule has 1 aliphatic carbocycles. The van der Waals surface area contributed by atoms with Crippen LogP contribution in [0.2, 0.25) is 0 Å². The van der Waals surface area contributed by atoms with Crippen molar-refractivity contribution < 1.29 is 4.79 Å². The average molecular weight is 311 g/mol. The Morgan fingerprint density at radius 1 is 1.33 bits per heavy atom. The molecule has 98 valence electrons. The number of halogens is 1. The molecule has 4 heteroatoms. The molecule has 0 saturated heterocycles. The monoisotopic (exact) mass is 310 g/mol. The summed E-state index contributed by atoms with van der Waals surface area (Å²) >= 11 is 3.48. The number of rotatable bonds is 4. The fourth-order valence-electron chi connectivity index (χ4n) is 2.58. The zero-order valence-corrected chi connectivity index (χ0v) is 12.0. The molecule has 0 aliphatic heterocycles. The molecule has 0 radical (unpaired) electrons. The van der Waals surface area contributed by atoms with E-state index in [-0.39, 0.29) is 11.3 Å². The van der Waals surface area contributed by atoms with Crippen molar-refractivity contribution in [1.82, 2.24) is 5.32 Å². The molecule has 1 aliphatic rings. The smallest absolute Gasteiger partial charge is 0.227 e.